The highest BCUT2D eigenvalue weighted by molar-refractivity contribution is 5.97. The monoisotopic (exact) mass is 918 g/mol. The molecule has 0 spiro atoms. The van der Waals surface area contributed by atoms with Gasteiger partial charge in [0.05, 0.1) is 19.2 Å². The van der Waals surface area contributed by atoms with E-state index >= 15 is 0 Å². The zero-order valence-electron chi connectivity index (χ0n) is 36.8. The second-order valence-electron chi connectivity index (χ2n) is 16.7. The number of aliphatic hydroxyl groups is 1. The zero-order chi connectivity index (χ0) is 47.9. The minimum absolute atomic E-state index is 0.0422. The van der Waals surface area contributed by atoms with Crippen molar-refractivity contribution in [1.82, 2.24) is 36.0 Å². The fourth-order valence-corrected chi connectivity index (χ4v) is 8.55. The van der Waals surface area contributed by atoms with E-state index in [1.165, 1.54) is 14.7 Å². The Bertz CT molecular complexity index is 2090. The molecule has 0 unspecified atom stereocenters. The van der Waals surface area contributed by atoms with Crippen LogP contribution >= 0.6 is 0 Å². The molecule has 5 rings (SSSR count). The van der Waals surface area contributed by atoms with Gasteiger partial charge in [-0.15, -0.1) is 0 Å². The Balaban J connectivity index is 1.18. The van der Waals surface area contributed by atoms with E-state index in [-0.39, 0.29) is 50.1 Å². The van der Waals surface area contributed by atoms with E-state index < -0.39 is 90.9 Å². The van der Waals surface area contributed by atoms with E-state index in [4.69, 9.17) is 22.9 Å². The van der Waals surface area contributed by atoms with Gasteiger partial charge in [-0.2, -0.15) is 0 Å². The largest absolute Gasteiger partial charge is 0.480 e. The molecule has 3 fully saturated rings. The number of rotatable bonds is 21. The smallest absolute Gasteiger partial charge is 0.326 e. The maximum atomic E-state index is 13.9. The number of aliphatic carboxylic acids is 1. The van der Waals surface area contributed by atoms with Crippen molar-refractivity contribution >= 4 is 59.0 Å². The van der Waals surface area contributed by atoms with Crippen LogP contribution < -0.4 is 44.2 Å². The summed E-state index contributed by atoms with van der Waals surface area (Å²) in [5, 5.41) is 30.4. The number of nitrogen functional groups attached to an aromatic ring is 1. The number of carboxylic acid groups (broad SMARTS) is 1. The van der Waals surface area contributed by atoms with Crippen LogP contribution in [0.15, 0.2) is 59.6 Å². The van der Waals surface area contributed by atoms with E-state index in [0.29, 0.717) is 74.8 Å². The highest BCUT2D eigenvalue weighted by atomic mass is 16.4. The van der Waals surface area contributed by atoms with Crippen molar-refractivity contribution in [1.29, 1.82) is 0 Å². The predicted octanol–water partition coefficient (Wildman–Crippen LogP) is -2.94. The number of carbonyl (C=O) groups is 8. The number of hydrogen-bond acceptors (Lipinski definition) is 12. The number of nitrogens with two attached hydrogens (primary N) is 4. The van der Waals surface area contributed by atoms with E-state index in [9.17, 15) is 48.6 Å². The average Bonchev–Trinajstić information content (AvgIpc) is 4.11. The molecular weight excluding hydrogens is 857 g/mol. The fraction of sp³-hybridized carbons (Fsp3) is 0.523. The van der Waals surface area contributed by atoms with Crippen LogP contribution in [0.2, 0.25) is 0 Å². The van der Waals surface area contributed by atoms with Crippen LogP contribution in [0.5, 0.6) is 0 Å². The van der Waals surface area contributed by atoms with E-state index in [1.54, 1.807) is 54.6 Å². The molecule has 22 heteroatoms. The quantitative estimate of drug-likeness (QED) is 0.0259. The molecule has 2 aromatic carbocycles. The van der Waals surface area contributed by atoms with Gasteiger partial charge in [-0.1, -0.05) is 42.5 Å². The second kappa shape index (κ2) is 23.9. The molecule has 3 aliphatic heterocycles. The number of benzene rings is 2. The Hall–Kier alpha value is -6.81. The summed E-state index contributed by atoms with van der Waals surface area (Å²) in [6.07, 6.45) is 3.11. The molecule has 2 aromatic rings. The van der Waals surface area contributed by atoms with Crippen molar-refractivity contribution in [2.24, 2.45) is 22.2 Å². The van der Waals surface area contributed by atoms with Gasteiger partial charge >= 0.3 is 5.97 Å². The summed E-state index contributed by atoms with van der Waals surface area (Å²) < 4.78 is 0. The van der Waals surface area contributed by atoms with Crippen molar-refractivity contribution in [3.63, 3.8) is 0 Å². The molecule has 3 aliphatic rings. The molecule has 14 N–H and O–H groups in total. The summed E-state index contributed by atoms with van der Waals surface area (Å²) in [6, 6.07) is 7.38. The van der Waals surface area contributed by atoms with Crippen molar-refractivity contribution in [3.05, 3.63) is 65.7 Å². The van der Waals surface area contributed by atoms with Gasteiger partial charge in [-0.05, 0) is 74.6 Å². The summed E-state index contributed by atoms with van der Waals surface area (Å²) in [5.74, 6) is -5.80. The summed E-state index contributed by atoms with van der Waals surface area (Å²) in [7, 11) is 0. The molecule has 66 heavy (non-hydrogen) atoms. The van der Waals surface area contributed by atoms with Gasteiger partial charge in [0.15, 0.2) is 5.96 Å². The predicted molar refractivity (Wildman–Crippen MR) is 240 cm³/mol. The van der Waals surface area contributed by atoms with Gasteiger partial charge in [-0.25, -0.2) is 4.79 Å². The van der Waals surface area contributed by atoms with Crippen LogP contribution in [0.1, 0.15) is 62.5 Å². The molecule has 22 nitrogen and oxygen atoms in total. The number of guanidine groups is 1. The van der Waals surface area contributed by atoms with Crippen LogP contribution in [0, 0.1) is 0 Å². The molecule has 3 heterocycles. The fourth-order valence-electron chi connectivity index (χ4n) is 8.55. The Morgan fingerprint density at radius 3 is 1.89 bits per heavy atom. The van der Waals surface area contributed by atoms with Crippen LogP contribution in [0.3, 0.4) is 0 Å². The Labute approximate surface area is 382 Å². The number of carbonyl (C=O) groups excluding carboxylic acids is 7. The number of amides is 7. The first-order valence-electron chi connectivity index (χ1n) is 22.2. The number of nitrogens with one attached hydrogen (secondary N) is 4. The highest BCUT2D eigenvalue weighted by Gasteiger charge is 2.43. The summed E-state index contributed by atoms with van der Waals surface area (Å²) in [4.78, 5) is 115. The lowest BCUT2D eigenvalue weighted by molar-refractivity contribution is -0.147. The lowest BCUT2D eigenvalue weighted by Crippen LogP contribution is -2.59. The molecule has 0 aliphatic carbocycles. The molecule has 0 bridgehead atoms. The van der Waals surface area contributed by atoms with Crippen LogP contribution in [0.4, 0.5) is 5.69 Å². The Morgan fingerprint density at radius 2 is 1.27 bits per heavy atom. The van der Waals surface area contributed by atoms with E-state index in [2.05, 4.69) is 26.3 Å². The topological polar surface area (TPSA) is 351 Å². The molecule has 0 saturated carbocycles. The van der Waals surface area contributed by atoms with E-state index in [0.717, 1.165) is 0 Å². The van der Waals surface area contributed by atoms with Crippen molar-refractivity contribution in [2.75, 3.05) is 45.1 Å². The number of aliphatic hydroxyl groups excluding tert-OH is 1. The third-order valence-electron chi connectivity index (χ3n) is 12.0. The maximum Gasteiger partial charge on any atom is 0.326 e. The molecular formula is C44H62N12O10. The van der Waals surface area contributed by atoms with Gasteiger partial charge in [0.2, 0.25) is 41.4 Å². The zero-order valence-corrected chi connectivity index (χ0v) is 36.8. The Morgan fingerprint density at radius 1 is 0.697 bits per heavy atom. The van der Waals surface area contributed by atoms with Gasteiger partial charge in [0.25, 0.3) is 0 Å². The SMILES string of the molecule is NC(N)=NCCC[C@H](N)C(=O)N1CCC[C@H]1C(=O)N1CCC[C@H]1C(=O)NCC(=O)N[C@@H](Cc1ccccc1)C(=O)N[C@@H](CO)C(=O)N1CCC[C@H]1C(=O)N[C@@H](Cc1ccc(N)cc1)C(=O)O. The number of nitrogens with zero attached hydrogens (tertiary/aromatic N) is 4. The normalized spacial score (nSPS) is 19.8. The average molecular weight is 919 g/mol. The van der Waals surface area contributed by atoms with Crippen molar-refractivity contribution in [3.8, 4) is 0 Å². The third kappa shape index (κ3) is 13.6. The van der Waals surface area contributed by atoms with Gasteiger partial charge in [0.1, 0.15) is 36.3 Å². The molecule has 3 saturated heterocycles. The first kappa shape index (κ1) is 50.2. The molecule has 7 atom stereocenters. The first-order valence-corrected chi connectivity index (χ1v) is 22.2. The van der Waals surface area contributed by atoms with Gasteiger partial charge in [0, 0.05) is 44.7 Å². The summed E-state index contributed by atoms with van der Waals surface area (Å²) >= 11 is 0. The molecule has 0 radical (unpaired) electrons. The maximum absolute atomic E-state index is 13.9. The van der Waals surface area contributed by atoms with Crippen LogP contribution in [0.25, 0.3) is 0 Å². The van der Waals surface area contributed by atoms with Gasteiger partial charge < -0.3 is 69.1 Å². The second-order valence-corrected chi connectivity index (χ2v) is 16.7. The minimum atomic E-state index is -1.53. The molecule has 7 amide bonds. The van der Waals surface area contributed by atoms with Crippen LogP contribution in [-0.4, -0.2) is 160 Å². The number of carboxylic acids is 1. The first-order chi connectivity index (χ1) is 31.6. The molecule has 0 aromatic heterocycles. The van der Waals surface area contributed by atoms with Crippen LogP contribution in [-0.2, 0) is 51.2 Å². The summed E-state index contributed by atoms with van der Waals surface area (Å²) in [5.41, 5.74) is 24.4. The number of anilines is 1. The highest BCUT2D eigenvalue weighted by Crippen LogP contribution is 2.26. The van der Waals surface area contributed by atoms with Crippen molar-refractivity contribution in [2.45, 2.75) is 107 Å². The number of likely N-dealkylation sites (tertiary alicyclic amines) is 3. The van der Waals surface area contributed by atoms with Gasteiger partial charge in [-0.3, -0.25) is 38.6 Å². The third-order valence-corrected chi connectivity index (χ3v) is 12.0. The number of aliphatic imine (C=N–C) groups is 1. The summed E-state index contributed by atoms with van der Waals surface area (Å²) in [6.45, 7) is -0.418. The minimum Gasteiger partial charge on any atom is -0.480 e. The number of hydrogen-bond donors (Lipinski definition) is 10. The molecule has 358 valence electrons. The Kier molecular flexibility index (Phi) is 18.2. The standard InChI is InChI=1S/C44H62N12O10/c45-28-16-14-27(15-17-28)23-31(43(65)66)52-39(61)34-12-6-19-54(34)41(63)32(25-57)53-37(59)30(22-26-8-2-1-3-9-26)51-36(58)24-50-38(60)33-11-5-20-55(33)42(64)35-13-7-21-56(35)40(62)29(46)10-4-18-49-44(47)48/h1-3,8-9,14-17,29-35,57H,4-7,10-13,18-25,45-46H2,(H,50,60)(H,51,58)(H,52,61)(H,53,59)(H,65,66)(H4,47,48,49)/t29-,30-,31-,32-,33-,34-,35-/m0/s1. The lowest BCUT2D eigenvalue weighted by atomic mass is 10.0. The lowest BCUT2D eigenvalue weighted by Gasteiger charge is -2.32. The van der Waals surface area contributed by atoms with Crippen molar-refractivity contribution < 1.29 is 48.6 Å². The van der Waals surface area contributed by atoms with E-state index in [1.807, 2.05) is 0 Å².